The Kier molecular flexibility index (Phi) is 26.0. The lowest BCUT2D eigenvalue weighted by molar-refractivity contribution is 0.00729. The number of rotatable bonds is 23. The van der Waals surface area contributed by atoms with E-state index in [4.69, 9.17) is 24.7 Å². The quantitative estimate of drug-likeness (QED) is 0.0372. The van der Waals surface area contributed by atoms with Crippen molar-refractivity contribution in [1.82, 2.24) is 87.6 Å². The molecular weight excluding hydrogens is 1530 g/mol. The summed E-state index contributed by atoms with van der Waals surface area (Å²) in [5.41, 5.74) is 7.04. The summed E-state index contributed by atoms with van der Waals surface area (Å²) in [6.07, 6.45) is 27.3. The molecule has 0 amide bonds. The second-order valence-corrected chi connectivity index (χ2v) is 35.4. The molecule has 27 heteroatoms. The zero-order valence-corrected chi connectivity index (χ0v) is 72.0. The van der Waals surface area contributed by atoms with Gasteiger partial charge in [0.15, 0.2) is 34.4 Å². The molecular formula is C95H117N21O6. The minimum atomic E-state index is -1.14. The minimum Gasteiger partial charge on any atom is -0.384 e. The number of hydrogen-bond donors (Lipinski definition) is 5. The molecule has 5 aliphatic rings. The molecule has 17 rings (SSSR count). The molecule has 3 aromatic carbocycles. The molecule has 2 aliphatic heterocycles. The Bertz CT molecular complexity index is 5850. The fourth-order valence-corrected chi connectivity index (χ4v) is 18.0. The first-order valence-corrected chi connectivity index (χ1v) is 43.3. The topological polar surface area (TPSA) is 292 Å². The highest BCUT2D eigenvalue weighted by molar-refractivity contribution is 5.79. The number of ether oxygens (including phenoxy) is 1. The normalized spacial score (nSPS) is 19.4. The van der Waals surface area contributed by atoms with Crippen molar-refractivity contribution in [2.24, 2.45) is 0 Å². The van der Waals surface area contributed by atoms with Crippen LogP contribution in [0.4, 0.5) is 34.9 Å². The van der Waals surface area contributed by atoms with Gasteiger partial charge in [-0.05, 0) is 252 Å². The number of pyridine rings is 3. The number of nitrogens with zero attached hydrogens (tertiary/aromatic N) is 18. The van der Waals surface area contributed by atoms with Gasteiger partial charge in [0.25, 0.3) is 16.7 Å². The molecule has 0 spiro atoms. The van der Waals surface area contributed by atoms with Gasteiger partial charge in [-0.1, -0.05) is 93.6 Å². The molecule has 0 radical (unpaired) electrons. The molecule has 11 heterocycles. The summed E-state index contributed by atoms with van der Waals surface area (Å²) in [4.78, 5) is 89.3. The largest absolute Gasteiger partial charge is 0.384 e. The Labute approximate surface area is 713 Å². The lowest BCUT2D eigenvalue weighted by Gasteiger charge is -2.38. The van der Waals surface area contributed by atoms with Crippen molar-refractivity contribution in [3.8, 4) is 17.5 Å². The number of anilines is 6. The van der Waals surface area contributed by atoms with E-state index < -0.39 is 11.2 Å². The zero-order valence-electron chi connectivity index (χ0n) is 72.0. The Morgan fingerprint density at radius 2 is 0.730 bits per heavy atom. The smallest absolute Gasteiger partial charge is 0.278 e. The molecule has 0 bridgehead atoms. The summed E-state index contributed by atoms with van der Waals surface area (Å²) < 4.78 is 15.3. The van der Waals surface area contributed by atoms with Gasteiger partial charge >= 0.3 is 0 Å². The molecule has 5 N–H and O–H groups in total. The van der Waals surface area contributed by atoms with Crippen molar-refractivity contribution in [2.45, 2.75) is 210 Å². The van der Waals surface area contributed by atoms with E-state index in [1.54, 1.807) is 120 Å². The van der Waals surface area contributed by atoms with Gasteiger partial charge in [0, 0.05) is 78.0 Å². The van der Waals surface area contributed by atoms with E-state index in [0.29, 0.717) is 116 Å². The van der Waals surface area contributed by atoms with Crippen molar-refractivity contribution < 1.29 is 14.9 Å². The molecule has 0 atom stereocenters. The number of aromatic nitrogens is 15. The Balaban J connectivity index is 0.000000142. The number of nitrogens with one attached hydrogen (secondary N) is 3. The van der Waals surface area contributed by atoms with E-state index in [1.165, 1.54) is 129 Å². The van der Waals surface area contributed by atoms with E-state index in [9.17, 15) is 24.6 Å². The van der Waals surface area contributed by atoms with Gasteiger partial charge < -0.3 is 40.7 Å². The standard InChI is InChI=1S/C33H41N7O.C32H39N7O3.C30H37N7O2/c1-5-19-39-31(41)27-22-34-32(37-30(27)40(39)29-10-8-9-28(36-29)33(2,3)4)35-25-15-11-23(12-16-25)24-13-17-26(18-14-24)38-20-6-7-21-38;1-4-16-38-30(40)26-21-33-31(36-29(26)39(38)28-7-5-6-27(35-28)32(2,3)41)34-24-12-8-22(9-13-24)23-10-14-25(15-11-23)37-17-19-42-20-18-37;1-6-18-36-28(38)24-19-31-29(34-27(24)37(36)26-9-7-8-25(33-26)30(2,3)39)32-22-14-10-20(11-15-22)21-12-16-23(17-13-21)35(4)5/h5,8-12,15-16,22,24,26H,1,6-7,13-14,17-21H2,2-4H3,(H,34,35,37);4-9,12-13,21,23,25,41H,1,10-11,14-20H2,2-3H3,(H,33,34,36);6-11,14-15,19,21,23,39H,1,12-13,16-18H2,2-5H3,(H,31,32,34). The maximum Gasteiger partial charge on any atom is 0.278 e. The molecule has 27 nitrogen and oxygen atoms in total. The Morgan fingerprint density at radius 1 is 0.418 bits per heavy atom. The highest BCUT2D eigenvalue weighted by atomic mass is 16.5. The van der Waals surface area contributed by atoms with Gasteiger partial charge in [-0.25, -0.2) is 58.0 Å². The molecule has 2 saturated heterocycles. The number of likely N-dealkylation sites (tertiary alicyclic amines) is 1. The van der Waals surface area contributed by atoms with Crippen LogP contribution in [0.5, 0.6) is 0 Å². The van der Waals surface area contributed by atoms with Crippen LogP contribution in [-0.2, 0) is 41.0 Å². The van der Waals surface area contributed by atoms with Crippen molar-refractivity contribution in [2.75, 3.05) is 69.4 Å². The monoisotopic (exact) mass is 1650 g/mol. The number of fused-ring (bicyclic) bond motifs is 3. The van der Waals surface area contributed by atoms with Crippen LogP contribution < -0.4 is 32.6 Å². The zero-order chi connectivity index (χ0) is 85.6. The van der Waals surface area contributed by atoms with Gasteiger partial charge in [-0.15, -0.1) is 19.7 Å². The summed E-state index contributed by atoms with van der Waals surface area (Å²) in [5.74, 6) is 4.58. The van der Waals surface area contributed by atoms with Gasteiger partial charge in [0.05, 0.1) is 44.2 Å². The second kappa shape index (κ2) is 37.1. The first-order valence-electron chi connectivity index (χ1n) is 43.3. The average molecular weight is 1650 g/mol. The molecule has 9 aromatic heterocycles. The van der Waals surface area contributed by atoms with Gasteiger partial charge in [0.2, 0.25) is 17.8 Å². The van der Waals surface area contributed by atoms with E-state index >= 15 is 0 Å². The number of morpholine rings is 1. The minimum absolute atomic E-state index is 0.135. The number of aliphatic hydroxyl groups is 2. The number of benzene rings is 3. The first-order chi connectivity index (χ1) is 58.8. The number of allylic oxidation sites excluding steroid dienone is 3. The first kappa shape index (κ1) is 85.5. The fraction of sp³-hybridized carbons (Fsp3) is 0.432. The highest BCUT2D eigenvalue weighted by Crippen LogP contribution is 2.40. The van der Waals surface area contributed by atoms with Crippen molar-refractivity contribution >= 4 is 68.0 Å². The van der Waals surface area contributed by atoms with Crippen LogP contribution in [0.3, 0.4) is 0 Å². The predicted molar refractivity (Wildman–Crippen MR) is 484 cm³/mol. The summed E-state index contributed by atoms with van der Waals surface area (Å²) >= 11 is 0. The van der Waals surface area contributed by atoms with E-state index in [-0.39, 0.29) is 35.2 Å². The van der Waals surface area contributed by atoms with Gasteiger partial charge in [-0.2, -0.15) is 15.0 Å². The highest BCUT2D eigenvalue weighted by Gasteiger charge is 2.33. The van der Waals surface area contributed by atoms with Crippen molar-refractivity contribution in [3.63, 3.8) is 0 Å². The summed E-state index contributed by atoms with van der Waals surface area (Å²) in [7, 11) is 4.34. The molecule has 122 heavy (non-hydrogen) atoms. The average Bonchev–Trinajstić information content (AvgIpc) is 1.61. The van der Waals surface area contributed by atoms with Crippen molar-refractivity contribution in [3.05, 3.63) is 249 Å². The molecule has 0 unspecified atom stereocenters. The van der Waals surface area contributed by atoms with Crippen LogP contribution in [0.2, 0.25) is 0 Å². The van der Waals surface area contributed by atoms with Crippen molar-refractivity contribution in [1.29, 1.82) is 0 Å². The maximum absolute atomic E-state index is 13.3. The van der Waals surface area contributed by atoms with Gasteiger partial charge in [-0.3, -0.25) is 19.3 Å². The summed E-state index contributed by atoms with van der Waals surface area (Å²) in [6, 6.07) is 44.5. The van der Waals surface area contributed by atoms with E-state index in [1.807, 2.05) is 18.2 Å². The van der Waals surface area contributed by atoms with Crippen LogP contribution in [0.1, 0.15) is 190 Å². The van der Waals surface area contributed by atoms with Crippen LogP contribution in [-0.4, -0.2) is 169 Å². The second-order valence-electron chi connectivity index (χ2n) is 35.4. The van der Waals surface area contributed by atoms with Crippen LogP contribution in [0, 0.1) is 0 Å². The molecule has 5 fully saturated rings. The predicted octanol–water partition coefficient (Wildman–Crippen LogP) is 15.5. The number of hydrogen-bond acceptors (Lipinski definition) is 21. The lowest BCUT2D eigenvalue weighted by atomic mass is 9.81. The Hall–Kier alpha value is -11.5. The van der Waals surface area contributed by atoms with Gasteiger partial charge in [0.1, 0.15) is 27.4 Å². The van der Waals surface area contributed by atoms with Crippen LogP contribution in [0.15, 0.2) is 198 Å². The summed E-state index contributed by atoms with van der Waals surface area (Å²) in [5, 5.41) is 32.2. The maximum atomic E-state index is 13.3. The fourth-order valence-electron chi connectivity index (χ4n) is 18.0. The van der Waals surface area contributed by atoms with E-state index in [0.717, 1.165) is 55.1 Å². The third-order valence-electron chi connectivity index (χ3n) is 24.8. The van der Waals surface area contributed by atoms with Crippen LogP contribution >= 0.6 is 0 Å². The van der Waals surface area contributed by atoms with E-state index in [2.05, 4.69) is 183 Å². The molecule has 638 valence electrons. The third kappa shape index (κ3) is 19.2. The molecule has 3 saturated carbocycles. The SMILES string of the molecule is C=CCn1c(=O)c2cnc(Nc3ccc(C4CCC(N(C)C)CC4)cc3)nc2n1-c1cccc(C(C)(C)O)n1.C=CCn1c(=O)c2cnc(Nc3ccc(C4CCC(N5CCCC5)CC4)cc3)nc2n1-c1cccc(C(C)(C)C)n1.C=CCn1c(=O)c2cnc(Nc3ccc(C4CCC(N5CCOCC5)CC4)cc3)nc2n1-c1cccc(C(C)(C)O)n1. The Morgan fingerprint density at radius 3 is 1.04 bits per heavy atom. The molecule has 3 aliphatic carbocycles. The summed E-state index contributed by atoms with van der Waals surface area (Å²) in [6.45, 7) is 31.8. The van der Waals surface area contributed by atoms with Crippen LogP contribution in [0.25, 0.3) is 50.6 Å². The third-order valence-corrected chi connectivity index (χ3v) is 24.8. The molecule has 12 aromatic rings. The lowest BCUT2D eigenvalue weighted by Crippen LogP contribution is -2.44.